The molecule has 12 aromatic rings. The Bertz CT molecular complexity index is 3910. The lowest BCUT2D eigenvalue weighted by molar-refractivity contribution is 0.798. The normalized spacial score (nSPS) is 14.5. The maximum atomic E-state index is 5.21. The lowest BCUT2D eigenvalue weighted by Gasteiger charge is -2.27. The molecule has 1 unspecified atom stereocenters. The highest BCUT2D eigenvalue weighted by molar-refractivity contribution is 6.19. The van der Waals surface area contributed by atoms with Crippen molar-refractivity contribution in [2.75, 3.05) is 4.90 Å². The third kappa shape index (κ3) is 5.47. The van der Waals surface area contributed by atoms with E-state index >= 15 is 0 Å². The molecular formula is C59H39N7. The van der Waals surface area contributed by atoms with Gasteiger partial charge in [-0.05, 0) is 84.8 Å². The molecule has 0 amide bonds. The highest BCUT2D eigenvalue weighted by atomic mass is 15.3. The molecule has 0 fully saturated rings. The predicted molar refractivity (Wildman–Crippen MR) is 270 cm³/mol. The van der Waals surface area contributed by atoms with Crippen molar-refractivity contribution in [3.05, 3.63) is 224 Å². The lowest BCUT2D eigenvalue weighted by Crippen LogP contribution is -2.29. The fourth-order valence-corrected chi connectivity index (χ4v) is 10.7. The molecule has 0 spiro atoms. The molecule has 7 nitrogen and oxygen atoms in total. The zero-order valence-corrected chi connectivity index (χ0v) is 35.7. The van der Waals surface area contributed by atoms with E-state index in [1.165, 1.54) is 60.1 Å². The molecule has 2 aliphatic rings. The van der Waals surface area contributed by atoms with E-state index < -0.39 is 0 Å². The van der Waals surface area contributed by atoms with Gasteiger partial charge in [-0.3, -0.25) is 0 Å². The summed E-state index contributed by atoms with van der Waals surface area (Å²) in [6.45, 7) is 0. The van der Waals surface area contributed by atoms with Gasteiger partial charge < -0.3 is 18.6 Å². The van der Waals surface area contributed by atoms with Crippen LogP contribution >= 0.6 is 0 Å². The fourth-order valence-electron chi connectivity index (χ4n) is 10.7. The smallest absolute Gasteiger partial charge is 0.234 e. The van der Waals surface area contributed by atoms with Gasteiger partial charge in [-0.2, -0.15) is 9.97 Å². The molecule has 0 saturated carbocycles. The van der Waals surface area contributed by atoms with Gasteiger partial charge in [-0.15, -0.1) is 0 Å². The molecule has 0 saturated heterocycles. The van der Waals surface area contributed by atoms with Crippen molar-refractivity contribution in [1.29, 1.82) is 0 Å². The molecule has 4 aromatic heterocycles. The van der Waals surface area contributed by atoms with Gasteiger partial charge in [0.1, 0.15) is 0 Å². The van der Waals surface area contributed by atoms with Crippen molar-refractivity contribution in [3.8, 4) is 39.8 Å². The number of hydrogen-bond acceptors (Lipinski definition) is 4. The van der Waals surface area contributed by atoms with Crippen LogP contribution in [0.3, 0.4) is 0 Å². The standard InChI is InChI=1S/C59H39N7/c1-4-16-38(17-5-1)57-60-58(39-18-6-2-7-19-39)62-59(61-57)66-53-27-15-12-24-45(53)49-37-42(29-32-55(49)66)65-52-26-14-10-22-43(52)46-30-33-50-47(56(46)65)34-35-63(50)41-28-31-54-48(36-41)44-23-11-13-25-51(44)64(54)40-20-8-3-9-21-40/h1-26,28-37,53H,27H2. The first kappa shape index (κ1) is 36.7. The molecule has 66 heavy (non-hydrogen) atoms. The Morgan fingerprint density at radius 2 is 1.06 bits per heavy atom. The molecule has 0 N–H and O–H groups in total. The number of fused-ring (bicyclic) bond motifs is 11. The van der Waals surface area contributed by atoms with Crippen molar-refractivity contribution in [3.63, 3.8) is 0 Å². The van der Waals surface area contributed by atoms with E-state index in [9.17, 15) is 0 Å². The van der Waals surface area contributed by atoms with Gasteiger partial charge in [0.25, 0.3) is 0 Å². The number of hydrogen-bond donors (Lipinski definition) is 0. The van der Waals surface area contributed by atoms with Gasteiger partial charge in [0.2, 0.25) is 5.95 Å². The van der Waals surface area contributed by atoms with Crippen LogP contribution in [0.25, 0.3) is 99.9 Å². The zero-order chi connectivity index (χ0) is 43.3. The molecule has 5 heterocycles. The van der Waals surface area contributed by atoms with Crippen molar-refractivity contribution < 1.29 is 0 Å². The second kappa shape index (κ2) is 14.4. The minimum Gasteiger partial charge on any atom is -0.316 e. The van der Waals surface area contributed by atoms with Crippen LogP contribution in [-0.4, -0.2) is 34.7 Å². The average Bonchev–Trinajstić information content (AvgIpc) is 4.15. The van der Waals surface area contributed by atoms with E-state index in [0.717, 1.165) is 45.8 Å². The average molecular weight is 846 g/mol. The Balaban J connectivity index is 0.938. The van der Waals surface area contributed by atoms with Crippen LogP contribution in [0.1, 0.15) is 12.0 Å². The number of nitrogens with zero attached hydrogens (tertiary/aromatic N) is 7. The lowest BCUT2D eigenvalue weighted by atomic mass is 9.96. The van der Waals surface area contributed by atoms with Gasteiger partial charge in [-0.25, -0.2) is 4.98 Å². The topological polar surface area (TPSA) is 56.7 Å². The summed E-state index contributed by atoms with van der Waals surface area (Å²) in [7, 11) is 0. The van der Waals surface area contributed by atoms with Crippen LogP contribution in [0, 0.1) is 0 Å². The first-order chi connectivity index (χ1) is 32.7. The molecular weight excluding hydrogens is 807 g/mol. The summed E-state index contributed by atoms with van der Waals surface area (Å²) in [6, 6.07) is 69.3. The first-order valence-corrected chi connectivity index (χ1v) is 22.6. The SMILES string of the molecule is C1=CCC2C(=C1)c1cc(-n3c4ccccc4c4ccc5c(ccn5-c5ccc6c(c5)c5ccccc5n6-c5ccccc5)c43)ccc1N2c1nc(-c2ccccc2)nc(-c2ccccc2)n1. The summed E-state index contributed by atoms with van der Waals surface area (Å²) in [5, 5.41) is 6.11. The van der Waals surface area contributed by atoms with Gasteiger partial charge in [0, 0.05) is 66.9 Å². The number of aromatic nitrogens is 6. The third-order valence-corrected chi connectivity index (χ3v) is 13.6. The van der Waals surface area contributed by atoms with Crippen molar-refractivity contribution in [2.24, 2.45) is 0 Å². The Hall–Kier alpha value is -8.81. The molecule has 310 valence electrons. The van der Waals surface area contributed by atoms with E-state index in [2.05, 4.69) is 201 Å². The van der Waals surface area contributed by atoms with Crippen molar-refractivity contribution >= 4 is 71.7 Å². The highest BCUT2D eigenvalue weighted by Crippen LogP contribution is 2.48. The van der Waals surface area contributed by atoms with Crippen LogP contribution in [0.5, 0.6) is 0 Å². The van der Waals surface area contributed by atoms with Crippen LogP contribution < -0.4 is 4.90 Å². The summed E-state index contributed by atoms with van der Waals surface area (Å²) in [4.78, 5) is 17.8. The molecule has 1 atom stereocenters. The Morgan fingerprint density at radius 3 is 1.80 bits per heavy atom. The van der Waals surface area contributed by atoms with E-state index in [4.69, 9.17) is 15.0 Å². The fraction of sp³-hybridized carbons (Fsp3) is 0.0339. The van der Waals surface area contributed by atoms with E-state index in [1.807, 2.05) is 36.4 Å². The second-order valence-corrected chi connectivity index (χ2v) is 17.2. The summed E-state index contributed by atoms with van der Waals surface area (Å²) in [6.07, 6.45) is 9.78. The number of allylic oxidation sites excluding steroid dienone is 2. The van der Waals surface area contributed by atoms with E-state index in [1.54, 1.807) is 0 Å². The second-order valence-electron chi connectivity index (χ2n) is 17.2. The highest BCUT2D eigenvalue weighted by Gasteiger charge is 2.37. The summed E-state index contributed by atoms with van der Waals surface area (Å²) in [5.74, 6) is 1.95. The summed E-state index contributed by atoms with van der Waals surface area (Å²) < 4.78 is 7.18. The molecule has 0 bridgehead atoms. The largest absolute Gasteiger partial charge is 0.316 e. The molecule has 1 aliphatic heterocycles. The zero-order valence-electron chi connectivity index (χ0n) is 35.7. The Labute approximate surface area is 380 Å². The maximum Gasteiger partial charge on any atom is 0.234 e. The molecule has 14 rings (SSSR count). The third-order valence-electron chi connectivity index (χ3n) is 13.6. The minimum absolute atomic E-state index is 0.0350. The number of anilines is 2. The van der Waals surface area contributed by atoms with Crippen molar-refractivity contribution in [1.82, 2.24) is 28.7 Å². The van der Waals surface area contributed by atoms with Gasteiger partial charge in [-0.1, -0.05) is 140 Å². The van der Waals surface area contributed by atoms with Crippen LogP contribution in [0.4, 0.5) is 11.6 Å². The Morgan fingerprint density at radius 1 is 0.439 bits per heavy atom. The first-order valence-electron chi connectivity index (χ1n) is 22.6. The number of para-hydroxylation sites is 3. The minimum atomic E-state index is 0.0350. The van der Waals surface area contributed by atoms with Crippen molar-refractivity contribution in [2.45, 2.75) is 12.5 Å². The van der Waals surface area contributed by atoms with E-state index in [0.29, 0.717) is 17.6 Å². The van der Waals surface area contributed by atoms with Crippen LogP contribution in [-0.2, 0) is 0 Å². The predicted octanol–water partition coefficient (Wildman–Crippen LogP) is 14.2. The summed E-state index contributed by atoms with van der Waals surface area (Å²) in [5.41, 5.74) is 14.7. The van der Waals surface area contributed by atoms with Gasteiger partial charge in [0.15, 0.2) is 11.6 Å². The van der Waals surface area contributed by atoms with Crippen LogP contribution in [0.2, 0.25) is 0 Å². The Kier molecular flexibility index (Phi) is 7.97. The summed E-state index contributed by atoms with van der Waals surface area (Å²) >= 11 is 0. The molecule has 1 aliphatic carbocycles. The maximum absolute atomic E-state index is 5.21. The van der Waals surface area contributed by atoms with E-state index in [-0.39, 0.29) is 6.04 Å². The number of rotatable bonds is 6. The quantitative estimate of drug-likeness (QED) is 0.167. The number of benzene rings is 8. The van der Waals surface area contributed by atoms with Gasteiger partial charge in [0.05, 0.1) is 39.3 Å². The molecule has 7 heteroatoms. The van der Waals surface area contributed by atoms with Gasteiger partial charge >= 0.3 is 0 Å². The molecule has 8 aromatic carbocycles. The van der Waals surface area contributed by atoms with Crippen LogP contribution in [0.15, 0.2) is 219 Å². The monoisotopic (exact) mass is 845 g/mol. The molecule has 0 radical (unpaired) electrons.